The van der Waals surface area contributed by atoms with Gasteiger partial charge in [-0.1, -0.05) is 19.8 Å². The molecule has 1 saturated heterocycles. The van der Waals surface area contributed by atoms with Gasteiger partial charge in [-0.25, -0.2) is 4.79 Å². The highest BCUT2D eigenvalue weighted by atomic mass is 16.6. The molecule has 1 aliphatic rings. The van der Waals surface area contributed by atoms with Gasteiger partial charge in [-0.15, -0.1) is 0 Å². The lowest BCUT2D eigenvalue weighted by molar-refractivity contribution is 0.0734. The second kappa shape index (κ2) is 9.25. The second-order valence-corrected chi connectivity index (χ2v) is 6.21. The predicted octanol–water partition coefficient (Wildman–Crippen LogP) is 4.25. The molecule has 1 fully saturated rings. The first-order chi connectivity index (χ1) is 12.7. The molecule has 26 heavy (non-hydrogen) atoms. The minimum atomic E-state index is -0.404. The molecule has 5 heteroatoms. The summed E-state index contributed by atoms with van der Waals surface area (Å²) in [6.45, 7) is 4.16. The van der Waals surface area contributed by atoms with Gasteiger partial charge in [0, 0.05) is 0 Å². The van der Waals surface area contributed by atoms with Crippen LogP contribution < -0.4 is 14.2 Å². The number of hydrogen-bond acceptors (Lipinski definition) is 5. The maximum absolute atomic E-state index is 12.2. The van der Waals surface area contributed by atoms with Gasteiger partial charge in [0.25, 0.3) is 0 Å². The quantitative estimate of drug-likeness (QED) is 0.276. The van der Waals surface area contributed by atoms with E-state index in [-0.39, 0.29) is 6.10 Å². The molecule has 0 bridgehead atoms. The van der Waals surface area contributed by atoms with Gasteiger partial charge in [0.05, 0.1) is 18.8 Å². The fourth-order valence-electron chi connectivity index (χ4n) is 2.35. The molecule has 0 spiro atoms. The summed E-state index contributed by atoms with van der Waals surface area (Å²) >= 11 is 0. The van der Waals surface area contributed by atoms with Gasteiger partial charge in [-0.3, -0.25) is 0 Å². The number of unbranched alkanes of at least 4 members (excludes halogenated alkanes) is 2. The van der Waals surface area contributed by atoms with Gasteiger partial charge in [-0.2, -0.15) is 0 Å². The highest BCUT2D eigenvalue weighted by Gasteiger charge is 2.23. The Balaban J connectivity index is 1.47. The third kappa shape index (κ3) is 5.77. The Hall–Kier alpha value is -2.53. The molecule has 1 heterocycles. The van der Waals surface area contributed by atoms with Crippen molar-refractivity contribution in [2.75, 3.05) is 19.8 Å². The van der Waals surface area contributed by atoms with Crippen LogP contribution >= 0.6 is 0 Å². The van der Waals surface area contributed by atoms with Crippen LogP contribution in [0.2, 0.25) is 0 Å². The highest BCUT2D eigenvalue weighted by Crippen LogP contribution is 2.20. The number of hydrogen-bond donors (Lipinski definition) is 0. The molecule has 0 aliphatic carbocycles. The SMILES string of the molecule is CCCCCOc1ccc(OC(=O)c2ccc(OCC3CO3)cc2)cc1. The van der Waals surface area contributed by atoms with Crippen molar-refractivity contribution < 1.29 is 23.7 Å². The van der Waals surface area contributed by atoms with Crippen molar-refractivity contribution in [3.63, 3.8) is 0 Å². The van der Waals surface area contributed by atoms with E-state index in [4.69, 9.17) is 18.9 Å². The minimum Gasteiger partial charge on any atom is -0.494 e. The van der Waals surface area contributed by atoms with Crippen LogP contribution in [0.5, 0.6) is 17.2 Å². The number of ether oxygens (including phenoxy) is 4. The minimum absolute atomic E-state index is 0.207. The summed E-state index contributed by atoms with van der Waals surface area (Å²) < 4.78 is 21.7. The Morgan fingerprint density at radius 2 is 1.58 bits per heavy atom. The zero-order valence-corrected chi connectivity index (χ0v) is 15.0. The van der Waals surface area contributed by atoms with Crippen LogP contribution in [-0.4, -0.2) is 31.9 Å². The van der Waals surface area contributed by atoms with Gasteiger partial charge in [0.2, 0.25) is 0 Å². The average Bonchev–Trinajstić information content (AvgIpc) is 3.50. The summed E-state index contributed by atoms with van der Waals surface area (Å²) in [6, 6.07) is 14.0. The first kappa shape index (κ1) is 18.3. The van der Waals surface area contributed by atoms with Crippen molar-refractivity contribution in [3.8, 4) is 17.2 Å². The fourth-order valence-corrected chi connectivity index (χ4v) is 2.35. The van der Waals surface area contributed by atoms with Gasteiger partial charge in [0.1, 0.15) is 30.0 Å². The van der Waals surface area contributed by atoms with Crippen molar-refractivity contribution >= 4 is 5.97 Å². The molecule has 3 rings (SSSR count). The molecule has 1 aliphatic heterocycles. The normalized spacial score (nSPS) is 15.3. The molecule has 138 valence electrons. The molecule has 0 radical (unpaired) electrons. The van der Waals surface area contributed by atoms with Crippen LogP contribution in [0, 0.1) is 0 Å². The number of epoxide rings is 1. The number of esters is 1. The van der Waals surface area contributed by atoms with Gasteiger partial charge >= 0.3 is 5.97 Å². The van der Waals surface area contributed by atoms with E-state index in [2.05, 4.69) is 6.92 Å². The number of carbonyl (C=O) groups is 1. The molecular weight excluding hydrogens is 332 g/mol. The predicted molar refractivity (Wildman–Crippen MR) is 98.1 cm³/mol. The number of carbonyl (C=O) groups excluding carboxylic acids is 1. The van der Waals surface area contributed by atoms with Gasteiger partial charge < -0.3 is 18.9 Å². The highest BCUT2D eigenvalue weighted by molar-refractivity contribution is 5.91. The topological polar surface area (TPSA) is 57.3 Å². The zero-order chi connectivity index (χ0) is 18.2. The van der Waals surface area contributed by atoms with Crippen molar-refractivity contribution in [2.45, 2.75) is 32.3 Å². The van der Waals surface area contributed by atoms with Gasteiger partial charge in [0.15, 0.2) is 0 Å². The smallest absolute Gasteiger partial charge is 0.343 e. The molecule has 1 atom stereocenters. The van der Waals surface area contributed by atoms with E-state index in [1.807, 2.05) is 12.1 Å². The molecule has 0 N–H and O–H groups in total. The van der Waals surface area contributed by atoms with E-state index in [0.717, 1.165) is 25.2 Å². The average molecular weight is 356 g/mol. The molecule has 1 unspecified atom stereocenters. The van der Waals surface area contributed by atoms with E-state index in [9.17, 15) is 4.79 Å². The monoisotopic (exact) mass is 356 g/mol. The van der Waals surface area contributed by atoms with Crippen LogP contribution in [-0.2, 0) is 4.74 Å². The van der Waals surface area contributed by atoms with Crippen LogP contribution in [0.3, 0.4) is 0 Å². The lowest BCUT2D eigenvalue weighted by Gasteiger charge is -2.08. The Kier molecular flexibility index (Phi) is 6.50. The van der Waals surface area contributed by atoms with Crippen LogP contribution in [0.1, 0.15) is 36.5 Å². The van der Waals surface area contributed by atoms with E-state index < -0.39 is 5.97 Å². The lowest BCUT2D eigenvalue weighted by Crippen LogP contribution is -2.09. The fraction of sp³-hybridized carbons (Fsp3) is 0.381. The van der Waals surface area contributed by atoms with Crippen molar-refractivity contribution in [1.29, 1.82) is 0 Å². The van der Waals surface area contributed by atoms with E-state index >= 15 is 0 Å². The largest absolute Gasteiger partial charge is 0.494 e. The number of benzene rings is 2. The molecular formula is C21H24O5. The zero-order valence-electron chi connectivity index (χ0n) is 15.0. The lowest BCUT2D eigenvalue weighted by atomic mass is 10.2. The van der Waals surface area contributed by atoms with Crippen molar-refractivity contribution in [2.24, 2.45) is 0 Å². The summed E-state index contributed by atoms with van der Waals surface area (Å²) in [7, 11) is 0. The summed E-state index contributed by atoms with van der Waals surface area (Å²) in [5.41, 5.74) is 0.472. The molecule has 2 aromatic rings. The van der Waals surface area contributed by atoms with Crippen molar-refractivity contribution in [1.82, 2.24) is 0 Å². The van der Waals surface area contributed by atoms with Crippen LogP contribution in [0.4, 0.5) is 0 Å². The Labute approximate surface area is 153 Å². The molecule has 5 nitrogen and oxygen atoms in total. The van der Waals surface area contributed by atoms with E-state index in [0.29, 0.717) is 30.3 Å². The summed E-state index contributed by atoms with van der Waals surface area (Å²) in [6.07, 6.45) is 3.58. The summed E-state index contributed by atoms with van der Waals surface area (Å²) in [4.78, 5) is 12.2. The molecule has 0 saturated carbocycles. The molecule has 2 aromatic carbocycles. The Morgan fingerprint density at radius 3 is 2.23 bits per heavy atom. The third-order valence-electron chi connectivity index (χ3n) is 3.98. The van der Waals surface area contributed by atoms with E-state index in [1.165, 1.54) is 6.42 Å². The number of rotatable bonds is 10. The van der Waals surface area contributed by atoms with Crippen LogP contribution in [0.25, 0.3) is 0 Å². The van der Waals surface area contributed by atoms with Crippen molar-refractivity contribution in [3.05, 3.63) is 54.1 Å². The Morgan fingerprint density at radius 1 is 0.962 bits per heavy atom. The summed E-state index contributed by atoms with van der Waals surface area (Å²) in [5, 5.41) is 0. The van der Waals surface area contributed by atoms with Crippen LogP contribution in [0.15, 0.2) is 48.5 Å². The standard InChI is InChI=1S/C21H24O5/c1-2-3-4-13-23-17-9-11-19(12-10-17)26-21(22)16-5-7-18(8-6-16)24-14-20-15-25-20/h5-12,20H,2-4,13-15H2,1H3. The van der Waals surface area contributed by atoms with E-state index in [1.54, 1.807) is 36.4 Å². The van der Waals surface area contributed by atoms with Gasteiger partial charge in [-0.05, 0) is 55.0 Å². The second-order valence-electron chi connectivity index (χ2n) is 6.21. The summed E-state index contributed by atoms with van der Waals surface area (Å²) in [5.74, 6) is 1.57. The Bertz CT molecular complexity index is 689. The maximum atomic E-state index is 12.2. The first-order valence-corrected chi connectivity index (χ1v) is 9.04. The third-order valence-corrected chi connectivity index (χ3v) is 3.98. The molecule has 0 aromatic heterocycles. The first-order valence-electron chi connectivity index (χ1n) is 9.04. The molecule has 0 amide bonds. The maximum Gasteiger partial charge on any atom is 0.343 e.